The average Bonchev–Trinajstić information content (AvgIpc) is 3.36. The van der Waals surface area contributed by atoms with Crippen molar-refractivity contribution in [3.63, 3.8) is 0 Å². The molecule has 0 aromatic heterocycles. The lowest BCUT2D eigenvalue weighted by Crippen LogP contribution is -2.49. The van der Waals surface area contributed by atoms with Gasteiger partial charge >= 0.3 is 12.4 Å². The molecule has 220 valence electrons. The van der Waals surface area contributed by atoms with Crippen LogP contribution in [0.2, 0.25) is 0 Å². The van der Waals surface area contributed by atoms with Crippen molar-refractivity contribution in [3.8, 4) is 6.07 Å². The van der Waals surface area contributed by atoms with E-state index in [2.05, 4.69) is 5.32 Å². The second-order valence-electron chi connectivity index (χ2n) is 9.83. The number of hydrogen-bond donors (Lipinski definition) is 1. The first kappa shape index (κ1) is 30.3. The van der Waals surface area contributed by atoms with Crippen molar-refractivity contribution in [1.29, 1.82) is 5.26 Å². The molecule has 4 rings (SSSR count). The molecule has 0 spiro atoms. The predicted molar refractivity (Wildman–Crippen MR) is 131 cm³/mol. The summed E-state index contributed by atoms with van der Waals surface area (Å²) in [5.41, 5.74) is -1.31. The van der Waals surface area contributed by atoms with Gasteiger partial charge in [-0.25, -0.2) is 8.42 Å². The summed E-state index contributed by atoms with van der Waals surface area (Å²) in [7, 11) is -3.98. The number of nitriles is 1. The fraction of sp³-hybridized carbons (Fsp3) is 0.423. The van der Waals surface area contributed by atoms with Crippen molar-refractivity contribution >= 4 is 21.8 Å². The normalized spacial score (nSPS) is 19.3. The number of rotatable bonds is 7. The Labute approximate surface area is 231 Å². The molecule has 2 amide bonds. The maximum atomic E-state index is 13.3. The van der Waals surface area contributed by atoms with E-state index in [0.717, 1.165) is 27.4 Å². The SMILES string of the molecule is N#CC1CN(S(=O)(=O)c2cccc(C(=O)N3CCC[C@@H]3C(=O)NC(CC(F)(F)F)c3ccc(C(F)(F)F)cc3)c2)C1. The maximum absolute atomic E-state index is 13.3. The summed E-state index contributed by atoms with van der Waals surface area (Å²) in [6.45, 7) is 0.112. The number of likely N-dealkylation sites (tertiary alicyclic amines) is 1. The number of hydrogen-bond acceptors (Lipinski definition) is 5. The highest BCUT2D eigenvalue weighted by Gasteiger charge is 2.40. The van der Waals surface area contributed by atoms with E-state index in [4.69, 9.17) is 5.26 Å². The van der Waals surface area contributed by atoms with E-state index in [1.807, 2.05) is 6.07 Å². The third-order valence-corrected chi connectivity index (χ3v) is 8.79. The van der Waals surface area contributed by atoms with Crippen LogP contribution in [0.25, 0.3) is 0 Å². The van der Waals surface area contributed by atoms with E-state index >= 15 is 0 Å². The molecular weight excluding hydrogens is 578 g/mol. The predicted octanol–water partition coefficient (Wildman–Crippen LogP) is 4.26. The van der Waals surface area contributed by atoms with Crippen molar-refractivity contribution < 1.29 is 44.3 Å². The lowest BCUT2D eigenvalue weighted by Gasteiger charge is -2.34. The Bertz CT molecular complexity index is 1450. The van der Waals surface area contributed by atoms with Crippen molar-refractivity contribution in [1.82, 2.24) is 14.5 Å². The molecule has 0 aliphatic carbocycles. The summed E-state index contributed by atoms with van der Waals surface area (Å²) in [5.74, 6) is -2.06. The van der Waals surface area contributed by atoms with Crippen molar-refractivity contribution in [3.05, 3.63) is 65.2 Å². The number of carbonyl (C=O) groups is 2. The molecule has 2 aromatic carbocycles. The molecule has 8 nitrogen and oxygen atoms in total. The Morgan fingerprint density at radius 1 is 1.05 bits per heavy atom. The molecule has 2 atom stereocenters. The van der Waals surface area contributed by atoms with Crippen LogP contribution in [-0.2, 0) is 21.0 Å². The highest BCUT2D eigenvalue weighted by atomic mass is 32.2. The molecule has 1 unspecified atom stereocenters. The minimum Gasteiger partial charge on any atom is -0.347 e. The maximum Gasteiger partial charge on any atom is 0.416 e. The molecular formula is C26H24F6N4O4S. The van der Waals surface area contributed by atoms with Gasteiger partial charge in [-0.1, -0.05) is 18.2 Å². The summed E-state index contributed by atoms with van der Waals surface area (Å²) in [4.78, 5) is 27.4. The summed E-state index contributed by atoms with van der Waals surface area (Å²) >= 11 is 0. The van der Waals surface area contributed by atoms with Crippen molar-refractivity contribution in [2.45, 2.75) is 48.6 Å². The summed E-state index contributed by atoms with van der Waals surface area (Å²) in [6.07, 6.45) is -10.5. The second-order valence-corrected chi connectivity index (χ2v) is 11.8. The first-order valence-electron chi connectivity index (χ1n) is 12.5. The average molecular weight is 603 g/mol. The monoisotopic (exact) mass is 602 g/mol. The van der Waals surface area contributed by atoms with Gasteiger partial charge in [-0.2, -0.15) is 35.9 Å². The van der Waals surface area contributed by atoms with Gasteiger partial charge < -0.3 is 10.2 Å². The number of amides is 2. The van der Waals surface area contributed by atoms with Crippen LogP contribution in [0.4, 0.5) is 26.3 Å². The number of benzene rings is 2. The van der Waals surface area contributed by atoms with Gasteiger partial charge in [-0.05, 0) is 48.7 Å². The molecule has 2 heterocycles. The van der Waals surface area contributed by atoms with Crippen LogP contribution in [0.1, 0.15) is 46.8 Å². The van der Waals surface area contributed by atoms with Crippen LogP contribution < -0.4 is 5.32 Å². The molecule has 2 aliphatic heterocycles. The van der Waals surface area contributed by atoms with E-state index in [1.165, 1.54) is 18.2 Å². The van der Waals surface area contributed by atoms with E-state index in [1.54, 1.807) is 0 Å². The number of carbonyl (C=O) groups excluding carboxylic acids is 2. The lowest BCUT2D eigenvalue weighted by molar-refractivity contribution is -0.144. The van der Waals surface area contributed by atoms with Gasteiger partial charge in [0.1, 0.15) is 6.04 Å². The Morgan fingerprint density at radius 3 is 2.29 bits per heavy atom. The Balaban J connectivity index is 1.52. The Morgan fingerprint density at radius 2 is 1.71 bits per heavy atom. The van der Waals surface area contributed by atoms with Crippen molar-refractivity contribution in [2.75, 3.05) is 19.6 Å². The molecule has 0 radical (unpaired) electrons. The zero-order valence-corrected chi connectivity index (χ0v) is 22.1. The van der Waals surface area contributed by atoms with Gasteiger partial charge in [-0.15, -0.1) is 0 Å². The van der Waals surface area contributed by atoms with Gasteiger partial charge in [-0.3, -0.25) is 9.59 Å². The minimum atomic E-state index is -4.76. The Kier molecular flexibility index (Phi) is 8.38. The van der Waals surface area contributed by atoms with E-state index in [0.29, 0.717) is 18.6 Å². The topological polar surface area (TPSA) is 111 Å². The molecule has 2 aromatic rings. The summed E-state index contributed by atoms with van der Waals surface area (Å²) < 4.78 is 105. The summed E-state index contributed by atoms with van der Waals surface area (Å²) in [6, 6.07) is 7.16. The van der Waals surface area contributed by atoms with Crippen LogP contribution in [-0.4, -0.2) is 61.3 Å². The number of nitrogens with one attached hydrogen (secondary N) is 1. The standard InChI is InChI=1S/C26H24F6N4O4S/c27-25(28,29)12-21(17-6-8-19(9-7-17)26(30,31)32)34-23(37)22-5-2-10-36(22)24(38)18-3-1-4-20(11-18)41(39,40)35-14-16(13-33)15-35/h1,3-4,6-9,11,16,21-22H,2,5,10,12,14-15H2,(H,34,37)/t21?,22-/m1/s1. The van der Waals surface area contributed by atoms with Crippen LogP contribution in [0.15, 0.2) is 53.4 Å². The number of alkyl halides is 6. The molecule has 0 bridgehead atoms. The fourth-order valence-electron chi connectivity index (χ4n) is 4.76. The molecule has 1 N–H and O–H groups in total. The van der Waals surface area contributed by atoms with Gasteiger partial charge in [0.2, 0.25) is 15.9 Å². The number of halogens is 6. The quantitative estimate of drug-likeness (QED) is 0.477. The zero-order chi connectivity index (χ0) is 30.2. The van der Waals surface area contributed by atoms with E-state index in [9.17, 15) is 44.3 Å². The Hall–Kier alpha value is -3.64. The number of sulfonamides is 1. The van der Waals surface area contributed by atoms with Gasteiger partial charge in [0, 0.05) is 25.2 Å². The largest absolute Gasteiger partial charge is 0.416 e. The first-order chi connectivity index (χ1) is 19.1. The minimum absolute atomic E-state index is 0.0173. The lowest BCUT2D eigenvalue weighted by atomic mass is 10.0. The highest BCUT2D eigenvalue weighted by Crippen LogP contribution is 2.34. The molecule has 2 saturated heterocycles. The van der Waals surface area contributed by atoms with Crippen LogP contribution in [0, 0.1) is 17.2 Å². The van der Waals surface area contributed by atoms with Gasteiger partial charge in [0.05, 0.1) is 34.9 Å². The van der Waals surface area contributed by atoms with Gasteiger partial charge in [0.25, 0.3) is 5.91 Å². The summed E-state index contributed by atoms with van der Waals surface area (Å²) in [5, 5.41) is 11.2. The van der Waals surface area contributed by atoms with Crippen LogP contribution >= 0.6 is 0 Å². The molecule has 2 aliphatic rings. The first-order valence-corrected chi connectivity index (χ1v) is 13.9. The third kappa shape index (κ3) is 6.82. The molecule has 41 heavy (non-hydrogen) atoms. The highest BCUT2D eigenvalue weighted by molar-refractivity contribution is 7.89. The molecule has 0 saturated carbocycles. The third-order valence-electron chi connectivity index (χ3n) is 6.96. The van der Waals surface area contributed by atoms with E-state index < -0.39 is 64.2 Å². The zero-order valence-electron chi connectivity index (χ0n) is 21.2. The van der Waals surface area contributed by atoms with Crippen LogP contribution in [0.3, 0.4) is 0 Å². The van der Waals surface area contributed by atoms with Crippen LogP contribution in [0.5, 0.6) is 0 Å². The smallest absolute Gasteiger partial charge is 0.347 e. The molecule has 2 fully saturated rings. The van der Waals surface area contributed by atoms with Gasteiger partial charge in [0.15, 0.2) is 0 Å². The fourth-order valence-corrected chi connectivity index (χ4v) is 6.34. The second kappa shape index (κ2) is 11.3. The van der Waals surface area contributed by atoms with Crippen molar-refractivity contribution in [2.24, 2.45) is 5.92 Å². The molecule has 15 heteroatoms. The number of nitrogens with zero attached hydrogens (tertiary/aromatic N) is 3. The van der Waals surface area contributed by atoms with E-state index in [-0.39, 0.29) is 42.1 Å².